The van der Waals surface area contributed by atoms with Crippen molar-refractivity contribution >= 4 is 5.91 Å². The molecular weight excluding hydrogens is 314 g/mol. The molecular formula is C21H25NO3. The second kappa shape index (κ2) is 9.04. The fourth-order valence-electron chi connectivity index (χ4n) is 2.70. The van der Waals surface area contributed by atoms with E-state index in [1.807, 2.05) is 62.4 Å². The molecule has 0 heterocycles. The summed E-state index contributed by atoms with van der Waals surface area (Å²) in [7, 11) is 0. The topological polar surface area (TPSA) is 58.6 Å². The van der Waals surface area contributed by atoms with Gasteiger partial charge in [-0.25, -0.2) is 0 Å². The van der Waals surface area contributed by atoms with Crippen molar-refractivity contribution in [3.63, 3.8) is 0 Å². The summed E-state index contributed by atoms with van der Waals surface area (Å²) in [4.78, 5) is 12.3. The maximum Gasteiger partial charge on any atom is 0.258 e. The van der Waals surface area contributed by atoms with Crippen molar-refractivity contribution in [2.45, 2.75) is 32.4 Å². The van der Waals surface area contributed by atoms with Crippen molar-refractivity contribution < 1.29 is 14.6 Å². The highest BCUT2D eigenvalue weighted by Gasteiger charge is 2.20. The molecule has 2 aromatic rings. The molecule has 0 aliphatic heterocycles. The van der Waals surface area contributed by atoms with Crippen molar-refractivity contribution in [2.24, 2.45) is 0 Å². The molecule has 0 fully saturated rings. The number of hydrogen-bond donors (Lipinski definition) is 2. The van der Waals surface area contributed by atoms with Crippen LogP contribution in [0.2, 0.25) is 0 Å². The maximum absolute atomic E-state index is 12.3. The Morgan fingerprint density at radius 3 is 2.40 bits per heavy atom. The first-order chi connectivity index (χ1) is 12.0. The van der Waals surface area contributed by atoms with Gasteiger partial charge < -0.3 is 15.2 Å². The molecule has 0 aliphatic carbocycles. The van der Waals surface area contributed by atoms with Crippen LogP contribution in [0.3, 0.4) is 0 Å². The minimum Gasteiger partial charge on any atom is -0.483 e. The van der Waals surface area contributed by atoms with Gasteiger partial charge in [-0.05, 0) is 37.0 Å². The first-order valence-corrected chi connectivity index (χ1v) is 8.34. The quantitative estimate of drug-likeness (QED) is 0.727. The average Bonchev–Trinajstić information content (AvgIpc) is 2.61. The molecule has 0 saturated carbocycles. The number of aryl methyl sites for hydroxylation is 2. The van der Waals surface area contributed by atoms with Gasteiger partial charge in [0, 0.05) is 0 Å². The minimum absolute atomic E-state index is 0.0964. The number of rotatable bonds is 8. The molecule has 25 heavy (non-hydrogen) atoms. The highest BCUT2D eigenvalue weighted by atomic mass is 16.5. The summed E-state index contributed by atoms with van der Waals surface area (Å²) in [5.41, 5.74) is 3.00. The van der Waals surface area contributed by atoms with E-state index in [2.05, 4.69) is 11.9 Å². The zero-order valence-corrected chi connectivity index (χ0v) is 14.7. The van der Waals surface area contributed by atoms with Gasteiger partial charge in [0.2, 0.25) is 0 Å². The van der Waals surface area contributed by atoms with E-state index in [1.54, 1.807) is 0 Å². The first kappa shape index (κ1) is 18.7. The van der Waals surface area contributed by atoms with Crippen molar-refractivity contribution in [1.29, 1.82) is 0 Å². The summed E-state index contributed by atoms with van der Waals surface area (Å²) >= 11 is 0. The second-order valence-corrected chi connectivity index (χ2v) is 6.10. The van der Waals surface area contributed by atoms with Crippen molar-refractivity contribution in [2.75, 3.05) is 6.61 Å². The molecule has 0 radical (unpaired) electrons. The standard InChI is InChI=1S/C21H25NO3/c1-4-19(23)18(13-17-11-6-5-7-12-17)22-20(24)14-25-21-15(2)9-8-10-16(21)3/h4-12,18-19,23H,1,13-14H2,2-3H3,(H,22,24). The number of aliphatic hydroxyl groups excluding tert-OH is 1. The van der Waals surface area contributed by atoms with Crippen LogP contribution in [0.4, 0.5) is 0 Å². The van der Waals surface area contributed by atoms with Gasteiger partial charge in [0.05, 0.1) is 12.1 Å². The van der Waals surface area contributed by atoms with E-state index in [-0.39, 0.29) is 12.5 Å². The van der Waals surface area contributed by atoms with Crippen LogP contribution in [-0.2, 0) is 11.2 Å². The van der Waals surface area contributed by atoms with E-state index in [0.717, 1.165) is 22.4 Å². The summed E-state index contributed by atoms with van der Waals surface area (Å²) in [6.07, 6.45) is 1.12. The van der Waals surface area contributed by atoms with Gasteiger partial charge in [0.25, 0.3) is 5.91 Å². The lowest BCUT2D eigenvalue weighted by Crippen LogP contribution is -2.45. The Kier molecular flexibility index (Phi) is 6.78. The van der Waals surface area contributed by atoms with Crippen LogP contribution in [-0.4, -0.2) is 29.8 Å². The molecule has 132 valence electrons. The summed E-state index contributed by atoms with van der Waals surface area (Å²) < 4.78 is 5.67. The lowest BCUT2D eigenvalue weighted by atomic mass is 10.0. The van der Waals surface area contributed by atoms with Gasteiger partial charge in [-0.1, -0.05) is 54.6 Å². The number of aliphatic hydroxyl groups is 1. The molecule has 0 aromatic heterocycles. The molecule has 2 rings (SSSR count). The SMILES string of the molecule is C=CC(O)C(Cc1ccccc1)NC(=O)COc1c(C)cccc1C. The summed E-state index contributed by atoms with van der Waals surface area (Å²) in [5.74, 6) is 0.450. The Morgan fingerprint density at radius 1 is 1.16 bits per heavy atom. The molecule has 0 bridgehead atoms. The Balaban J connectivity index is 1.98. The first-order valence-electron chi connectivity index (χ1n) is 8.34. The number of benzene rings is 2. The molecule has 4 heteroatoms. The molecule has 1 amide bonds. The van der Waals surface area contributed by atoms with Gasteiger partial charge in [0.1, 0.15) is 5.75 Å². The van der Waals surface area contributed by atoms with Crippen LogP contribution in [0.25, 0.3) is 0 Å². The molecule has 0 saturated heterocycles. The second-order valence-electron chi connectivity index (χ2n) is 6.10. The molecule has 0 spiro atoms. The predicted octanol–water partition coefficient (Wildman–Crippen LogP) is 2.96. The number of para-hydroxylation sites is 1. The van der Waals surface area contributed by atoms with E-state index in [4.69, 9.17) is 4.74 Å². The van der Waals surface area contributed by atoms with E-state index in [0.29, 0.717) is 6.42 Å². The zero-order chi connectivity index (χ0) is 18.2. The van der Waals surface area contributed by atoms with E-state index < -0.39 is 12.1 Å². The van der Waals surface area contributed by atoms with E-state index in [9.17, 15) is 9.90 Å². The Hall–Kier alpha value is -2.59. The van der Waals surface area contributed by atoms with Crippen LogP contribution in [0, 0.1) is 13.8 Å². The summed E-state index contributed by atoms with van der Waals surface area (Å²) in [6, 6.07) is 15.1. The van der Waals surface area contributed by atoms with Gasteiger partial charge in [-0.2, -0.15) is 0 Å². The van der Waals surface area contributed by atoms with Crippen molar-refractivity contribution in [3.8, 4) is 5.75 Å². The van der Waals surface area contributed by atoms with Gasteiger partial charge in [-0.3, -0.25) is 4.79 Å². The third kappa shape index (κ3) is 5.47. The molecule has 2 aromatic carbocycles. The fraction of sp³-hybridized carbons (Fsp3) is 0.286. The van der Waals surface area contributed by atoms with Gasteiger partial charge in [-0.15, -0.1) is 6.58 Å². The number of carbonyl (C=O) groups excluding carboxylic acids is 1. The summed E-state index contributed by atoms with van der Waals surface area (Å²) in [6.45, 7) is 7.41. The number of ether oxygens (including phenoxy) is 1. The molecule has 0 aliphatic rings. The molecule has 2 unspecified atom stereocenters. The zero-order valence-electron chi connectivity index (χ0n) is 14.7. The van der Waals surface area contributed by atoms with Crippen LogP contribution in [0.15, 0.2) is 61.2 Å². The smallest absolute Gasteiger partial charge is 0.258 e. The lowest BCUT2D eigenvalue weighted by Gasteiger charge is -2.22. The van der Waals surface area contributed by atoms with E-state index >= 15 is 0 Å². The normalized spacial score (nSPS) is 12.9. The number of nitrogens with one attached hydrogen (secondary N) is 1. The van der Waals surface area contributed by atoms with Crippen LogP contribution >= 0.6 is 0 Å². The highest BCUT2D eigenvalue weighted by molar-refractivity contribution is 5.78. The molecule has 2 atom stereocenters. The van der Waals surface area contributed by atoms with Crippen LogP contribution < -0.4 is 10.1 Å². The van der Waals surface area contributed by atoms with E-state index in [1.165, 1.54) is 6.08 Å². The maximum atomic E-state index is 12.3. The largest absolute Gasteiger partial charge is 0.483 e. The Morgan fingerprint density at radius 2 is 1.80 bits per heavy atom. The molecule has 2 N–H and O–H groups in total. The van der Waals surface area contributed by atoms with Gasteiger partial charge in [0.15, 0.2) is 6.61 Å². The monoisotopic (exact) mass is 339 g/mol. The number of carbonyl (C=O) groups is 1. The van der Waals surface area contributed by atoms with Crippen molar-refractivity contribution in [1.82, 2.24) is 5.32 Å². The lowest BCUT2D eigenvalue weighted by molar-refractivity contribution is -0.124. The fourth-order valence-corrected chi connectivity index (χ4v) is 2.70. The predicted molar refractivity (Wildman–Crippen MR) is 99.7 cm³/mol. The Bertz CT molecular complexity index is 692. The Labute approximate surface area is 149 Å². The van der Waals surface area contributed by atoms with Gasteiger partial charge >= 0.3 is 0 Å². The number of amides is 1. The van der Waals surface area contributed by atoms with Crippen LogP contribution in [0.5, 0.6) is 5.75 Å². The third-order valence-corrected chi connectivity index (χ3v) is 4.05. The molecule has 4 nitrogen and oxygen atoms in total. The third-order valence-electron chi connectivity index (χ3n) is 4.05. The summed E-state index contributed by atoms with van der Waals surface area (Å²) in [5, 5.41) is 13.0. The highest BCUT2D eigenvalue weighted by Crippen LogP contribution is 2.22. The minimum atomic E-state index is -0.829. The van der Waals surface area contributed by atoms with Crippen LogP contribution in [0.1, 0.15) is 16.7 Å². The average molecular weight is 339 g/mol. The van der Waals surface area contributed by atoms with Crippen molar-refractivity contribution in [3.05, 3.63) is 77.9 Å². The number of hydrogen-bond acceptors (Lipinski definition) is 3.